The molecule has 1 heterocycles. The lowest BCUT2D eigenvalue weighted by Crippen LogP contribution is -2.13. The first-order valence-electron chi connectivity index (χ1n) is 7.00. The molecular weight excluding hydrogens is 276 g/mol. The van der Waals surface area contributed by atoms with E-state index in [1.54, 1.807) is 0 Å². The summed E-state index contributed by atoms with van der Waals surface area (Å²) in [4.78, 5) is 24.8. The van der Waals surface area contributed by atoms with Crippen molar-refractivity contribution in [2.45, 2.75) is 52.1 Å². The van der Waals surface area contributed by atoms with Gasteiger partial charge in [-0.15, -0.1) is 0 Å². The highest BCUT2D eigenvalue weighted by molar-refractivity contribution is 5.92. The second-order valence-electron chi connectivity index (χ2n) is 4.88. The van der Waals surface area contributed by atoms with Crippen LogP contribution in [0.2, 0.25) is 0 Å². The molecule has 0 aliphatic rings. The molecule has 0 fully saturated rings. The number of hydrogen-bond acceptors (Lipinski definition) is 5. The zero-order valence-corrected chi connectivity index (χ0v) is 12.2. The molecule has 1 N–H and O–H groups in total. The van der Waals surface area contributed by atoms with Crippen molar-refractivity contribution in [3.05, 3.63) is 27.9 Å². The quantitative estimate of drug-likeness (QED) is 0.425. The van der Waals surface area contributed by atoms with E-state index in [-0.39, 0.29) is 12.0 Å². The van der Waals surface area contributed by atoms with Gasteiger partial charge in [-0.25, -0.2) is 9.78 Å². The van der Waals surface area contributed by atoms with Crippen molar-refractivity contribution in [1.29, 1.82) is 0 Å². The number of carboxylic acid groups (broad SMARTS) is 1. The molecule has 0 radical (unpaired) electrons. The van der Waals surface area contributed by atoms with Crippen LogP contribution in [0.15, 0.2) is 12.3 Å². The largest absolute Gasteiger partial charge is 0.477 e. The minimum atomic E-state index is -1.37. The highest BCUT2D eigenvalue weighted by Crippen LogP contribution is 2.22. The van der Waals surface area contributed by atoms with Gasteiger partial charge >= 0.3 is 11.7 Å². The van der Waals surface area contributed by atoms with Gasteiger partial charge in [-0.3, -0.25) is 10.1 Å². The third kappa shape index (κ3) is 5.37. The molecular formula is C14H20N2O5. The first kappa shape index (κ1) is 16.9. The van der Waals surface area contributed by atoms with Crippen molar-refractivity contribution >= 4 is 11.7 Å². The van der Waals surface area contributed by atoms with Gasteiger partial charge in [-0.1, -0.05) is 26.2 Å². The minimum absolute atomic E-state index is 0.0981. The lowest BCUT2D eigenvalue weighted by atomic mass is 10.1. The number of nitro groups is 1. The lowest BCUT2D eigenvalue weighted by Gasteiger charge is -2.13. The second kappa shape index (κ2) is 8.18. The van der Waals surface area contributed by atoms with Gasteiger partial charge in [0, 0.05) is 6.07 Å². The van der Waals surface area contributed by atoms with Gasteiger partial charge in [0.25, 0.3) is 0 Å². The smallest absolute Gasteiger partial charge is 0.342 e. The van der Waals surface area contributed by atoms with Crippen LogP contribution in [-0.2, 0) is 0 Å². The molecule has 0 saturated heterocycles. The minimum Gasteiger partial charge on any atom is -0.477 e. The average Bonchev–Trinajstić information content (AvgIpc) is 2.43. The standard InChI is InChI=1S/C14H20N2O5/c1-3-4-5-6-7-10(2)21-13-8-11(14(17)18)12(9-15-13)16(19)20/h8-10H,3-7H2,1-2H3,(H,17,18). The second-order valence-corrected chi connectivity index (χ2v) is 4.88. The highest BCUT2D eigenvalue weighted by Gasteiger charge is 2.22. The van der Waals surface area contributed by atoms with Crippen molar-refractivity contribution in [1.82, 2.24) is 4.98 Å². The number of unbranched alkanes of at least 4 members (excludes halogenated alkanes) is 3. The fourth-order valence-electron chi connectivity index (χ4n) is 1.93. The number of ether oxygens (including phenoxy) is 1. The van der Waals surface area contributed by atoms with E-state index in [4.69, 9.17) is 9.84 Å². The Morgan fingerprint density at radius 1 is 1.48 bits per heavy atom. The Hall–Kier alpha value is -2.18. The molecule has 7 heteroatoms. The number of carbonyl (C=O) groups is 1. The van der Waals surface area contributed by atoms with Crippen molar-refractivity contribution < 1.29 is 19.6 Å². The predicted octanol–water partition coefficient (Wildman–Crippen LogP) is 3.43. The summed E-state index contributed by atoms with van der Waals surface area (Å²) in [5, 5.41) is 19.7. The van der Waals surface area contributed by atoms with Gasteiger partial charge in [0.1, 0.15) is 11.8 Å². The van der Waals surface area contributed by atoms with Crippen LogP contribution in [0, 0.1) is 10.1 Å². The van der Waals surface area contributed by atoms with E-state index in [1.165, 1.54) is 6.42 Å². The molecule has 0 spiro atoms. The Morgan fingerprint density at radius 3 is 2.76 bits per heavy atom. The zero-order valence-electron chi connectivity index (χ0n) is 12.2. The summed E-state index contributed by atoms with van der Waals surface area (Å²) >= 11 is 0. The molecule has 1 aromatic heterocycles. The number of nitrogens with zero attached hydrogens (tertiary/aromatic N) is 2. The Kier molecular flexibility index (Phi) is 6.58. The van der Waals surface area contributed by atoms with Crippen LogP contribution in [0.4, 0.5) is 5.69 Å². The molecule has 1 unspecified atom stereocenters. The maximum atomic E-state index is 11.0. The van der Waals surface area contributed by atoms with E-state index in [9.17, 15) is 14.9 Å². The van der Waals surface area contributed by atoms with Gasteiger partial charge in [0.05, 0.1) is 11.0 Å². The molecule has 1 atom stereocenters. The molecule has 1 rings (SSSR count). The molecule has 0 aliphatic carbocycles. The molecule has 0 bridgehead atoms. The molecule has 1 aromatic rings. The Morgan fingerprint density at radius 2 is 2.19 bits per heavy atom. The number of pyridine rings is 1. The number of rotatable bonds is 9. The van der Waals surface area contributed by atoms with E-state index in [2.05, 4.69) is 11.9 Å². The molecule has 116 valence electrons. The summed E-state index contributed by atoms with van der Waals surface area (Å²) < 4.78 is 5.52. The third-order valence-electron chi connectivity index (χ3n) is 3.07. The first-order chi connectivity index (χ1) is 9.95. The van der Waals surface area contributed by atoms with Gasteiger partial charge in [-0.2, -0.15) is 0 Å². The number of aromatic carboxylic acids is 1. The Labute approximate surface area is 123 Å². The molecule has 0 aromatic carbocycles. The number of aromatic nitrogens is 1. The van der Waals surface area contributed by atoms with Gasteiger partial charge in [0.15, 0.2) is 0 Å². The summed E-state index contributed by atoms with van der Waals surface area (Å²) in [5.41, 5.74) is -0.950. The fourth-order valence-corrected chi connectivity index (χ4v) is 1.93. The van der Waals surface area contributed by atoms with Crippen molar-refractivity contribution in [2.24, 2.45) is 0 Å². The Balaban J connectivity index is 2.69. The fraction of sp³-hybridized carbons (Fsp3) is 0.571. The van der Waals surface area contributed by atoms with Crippen LogP contribution >= 0.6 is 0 Å². The summed E-state index contributed by atoms with van der Waals surface area (Å²) in [6, 6.07) is 1.10. The van der Waals surface area contributed by atoms with Crippen LogP contribution in [0.3, 0.4) is 0 Å². The maximum absolute atomic E-state index is 11.0. The molecule has 0 saturated carbocycles. The topological polar surface area (TPSA) is 103 Å². The summed E-state index contributed by atoms with van der Waals surface area (Å²) in [6.07, 6.45) is 6.11. The maximum Gasteiger partial charge on any atom is 0.342 e. The predicted molar refractivity (Wildman–Crippen MR) is 76.7 cm³/mol. The molecule has 7 nitrogen and oxygen atoms in total. The van der Waals surface area contributed by atoms with E-state index in [1.807, 2.05) is 6.92 Å². The van der Waals surface area contributed by atoms with Crippen LogP contribution in [-0.4, -0.2) is 27.1 Å². The highest BCUT2D eigenvalue weighted by atomic mass is 16.6. The van der Waals surface area contributed by atoms with Gasteiger partial charge in [-0.05, 0) is 19.8 Å². The molecule has 21 heavy (non-hydrogen) atoms. The van der Waals surface area contributed by atoms with Crippen molar-refractivity contribution in [3.8, 4) is 5.88 Å². The van der Waals surface area contributed by atoms with E-state index in [0.717, 1.165) is 37.9 Å². The normalized spacial score (nSPS) is 11.9. The van der Waals surface area contributed by atoms with Crippen LogP contribution in [0.1, 0.15) is 56.3 Å². The summed E-state index contributed by atoms with van der Waals surface area (Å²) in [6.45, 7) is 4.00. The van der Waals surface area contributed by atoms with Crippen LogP contribution < -0.4 is 4.74 Å². The van der Waals surface area contributed by atoms with Gasteiger partial charge < -0.3 is 9.84 Å². The summed E-state index contributed by atoms with van der Waals surface area (Å²) in [5.74, 6) is -1.27. The summed E-state index contributed by atoms with van der Waals surface area (Å²) in [7, 11) is 0. The van der Waals surface area contributed by atoms with Crippen LogP contribution in [0.5, 0.6) is 5.88 Å². The van der Waals surface area contributed by atoms with Crippen molar-refractivity contribution in [3.63, 3.8) is 0 Å². The van der Waals surface area contributed by atoms with E-state index < -0.39 is 22.1 Å². The lowest BCUT2D eigenvalue weighted by molar-refractivity contribution is -0.385. The van der Waals surface area contributed by atoms with Crippen LogP contribution in [0.25, 0.3) is 0 Å². The zero-order chi connectivity index (χ0) is 15.8. The average molecular weight is 296 g/mol. The Bertz CT molecular complexity index is 504. The molecule has 0 aliphatic heterocycles. The van der Waals surface area contributed by atoms with E-state index in [0.29, 0.717) is 0 Å². The first-order valence-corrected chi connectivity index (χ1v) is 7.00. The number of carboxylic acids is 1. The number of hydrogen-bond donors (Lipinski definition) is 1. The third-order valence-corrected chi connectivity index (χ3v) is 3.07. The van der Waals surface area contributed by atoms with Gasteiger partial charge in [0.2, 0.25) is 5.88 Å². The van der Waals surface area contributed by atoms with Crippen molar-refractivity contribution in [2.75, 3.05) is 0 Å². The SMILES string of the molecule is CCCCCCC(C)Oc1cc(C(=O)O)c([N+](=O)[O-])cn1. The molecule has 0 amide bonds. The monoisotopic (exact) mass is 296 g/mol. The van der Waals surface area contributed by atoms with E-state index >= 15 is 0 Å².